The van der Waals surface area contributed by atoms with Crippen molar-refractivity contribution < 1.29 is 31.3 Å². The second-order valence-corrected chi connectivity index (χ2v) is 8.70. The van der Waals surface area contributed by atoms with Crippen LogP contribution in [0.2, 0.25) is 5.02 Å². The number of carbonyl (C=O) groups is 1. The van der Waals surface area contributed by atoms with Crippen LogP contribution >= 0.6 is 11.6 Å². The number of hydrogen-bond acceptors (Lipinski definition) is 5. The molecule has 0 aliphatic heterocycles. The third-order valence-electron chi connectivity index (χ3n) is 4.25. The minimum absolute atomic E-state index is 0.0174. The predicted octanol–water partition coefficient (Wildman–Crippen LogP) is 5.32. The molecule has 8 nitrogen and oxygen atoms in total. The van der Waals surface area contributed by atoms with Gasteiger partial charge >= 0.3 is 6.18 Å². The number of alkyl halides is 3. The van der Waals surface area contributed by atoms with Crippen molar-refractivity contribution in [2.24, 2.45) is 0 Å². The largest absolute Gasteiger partial charge is 0.416 e. The standard InChI is InChI=1S/C20H13ClF3N3O5S/c21-13-7-8-17(18(10-13)27(29)30)19(28)25-14-4-2-6-16(11-14)33(31,32)26-15-5-1-3-12(9-15)20(22,23)24/h1-11,26H,(H,25,28). The molecule has 0 aliphatic carbocycles. The summed E-state index contributed by atoms with van der Waals surface area (Å²) in [6, 6.07) is 11.9. The Balaban J connectivity index is 1.85. The molecule has 1 amide bonds. The van der Waals surface area contributed by atoms with E-state index in [2.05, 4.69) is 5.32 Å². The van der Waals surface area contributed by atoms with Gasteiger partial charge in [-0.25, -0.2) is 8.42 Å². The number of sulfonamides is 1. The highest BCUT2D eigenvalue weighted by molar-refractivity contribution is 7.92. The minimum Gasteiger partial charge on any atom is -0.322 e. The van der Waals surface area contributed by atoms with Crippen LogP contribution in [-0.2, 0) is 16.2 Å². The number of nitro groups is 1. The zero-order valence-corrected chi connectivity index (χ0v) is 17.8. The normalized spacial score (nSPS) is 11.6. The minimum atomic E-state index is -4.66. The van der Waals surface area contributed by atoms with Crippen molar-refractivity contribution in [1.29, 1.82) is 0 Å². The quantitative estimate of drug-likeness (QED) is 0.351. The van der Waals surface area contributed by atoms with Gasteiger partial charge in [0.25, 0.3) is 21.6 Å². The number of hydrogen-bond donors (Lipinski definition) is 2. The molecule has 3 aromatic rings. The Hall–Kier alpha value is -3.64. The Kier molecular flexibility index (Phi) is 6.60. The first kappa shape index (κ1) is 24.0. The van der Waals surface area contributed by atoms with E-state index in [1.807, 2.05) is 4.72 Å². The molecule has 3 aromatic carbocycles. The zero-order chi connectivity index (χ0) is 24.4. The number of benzene rings is 3. The Labute approximate surface area is 190 Å². The third kappa shape index (κ3) is 5.79. The van der Waals surface area contributed by atoms with E-state index in [0.29, 0.717) is 6.07 Å². The lowest BCUT2D eigenvalue weighted by molar-refractivity contribution is -0.385. The summed E-state index contributed by atoms with van der Waals surface area (Å²) < 4.78 is 65.9. The maximum atomic E-state index is 12.9. The highest BCUT2D eigenvalue weighted by Crippen LogP contribution is 2.31. The van der Waals surface area contributed by atoms with Gasteiger partial charge in [0.05, 0.1) is 15.4 Å². The molecule has 0 heterocycles. The van der Waals surface area contributed by atoms with Crippen LogP contribution in [0.1, 0.15) is 15.9 Å². The summed E-state index contributed by atoms with van der Waals surface area (Å²) in [4.78, 5) is 22.5. The van der Waals surface area contributed by atoms with E-state index in [9.17, 15) is 36.5 Å². The van der Waals surface area contributed by atoms with E-state index < -0.39 is 38.3 Å². The van der Waals surface area contributed by atoms with Gasteiger partial charge in [-0.1, -0.05) is 23.7 Å². The first-order valence-corrected chi connectivity index (χ1v) is 10.8. The predicted molar refractivity (Wildman–Crippen MR) is 115 cm³/mol. The van der Waals surface area contributed by atoms with Crippen LogP contribution in [0.15, 0.2) is 71.6 Å². The van der Waals surface area contributed by atoms with Crippen LogP contribution in [0.4, 0.5) is 30.2 Å². The number of nitrogens with one attached hydrogen (secondary N) is 2. The zero-order valence-electron chi connectivity index (χ0n) is 16.3. The molecule has 0 radical (unpaired) electrons. The summed E-state index contributed by atoms with van der Waals surface area (Å²) in [6.07, 6.45) is -4.66. The highest BCUT2D eigenvalue weighted by atomic mass is 35.5. The van der Waals surface area contributed by atoms with Crippen molar-refractivity contribution in [3.63, 3.8) is 0 Å². The van der Waals surface area contributed by atoms with E-state index in [-0.39, 0.29) is 26.9 Å². The summed E-state index contributed by atoms with van der Waals surface area (Å²) >= 11 is 5.73. The van der Waals surface area contributed by atoms with Crippen molar-refractivity contribution >= 4 is 44.6 Å². The van der Waals surface area contributed by atoms with E-state index >= 15 is 0 Å². The molecule has 0 aromatic heterocycles. The lowest BCUT2D eigenvalue weighted by Crippen LogP contribution is -2.16. The first-order valence-electron chi connectivity index (χ1n) is 8.92. The smallest absolute Gasteiger partial charge is 0.322 e. The molecular formula is C20H13ClF3N3O5S. The molecule has 0 saturated heterocycles. The van der Waals surface area contributed by atoms with Crippen molar-refractivity contribution in [2.45, 2.75) is 11.1 Å². The Bertz CT molecular complexity index is 1350. The molecule has 13 heteroatoms. The average molecular weight is 500 g/mol. The van der Waals surface area contributed by atoms with Gasteiger partial charge in [0.2, 0.25) is 0 Å². The van der Waals surface area contributed by atoms with Crippen LogP contribution in [0.5, 0.6) is 0 Å². The summed E-state index contributed by atoms with van der Waals surface area (Å²) in [6.45, 7) is 0. The number of halogens is 4. The number of rotatable bonds is 6. The molecule has 0 aliphatic rings. The van der Waals surface area contributed by atoms with Gasteiger partial charge in [-0.05, 0) is 48.5 Å². The van der Waals surface area contributed by atoms with Crippen LogP contribution in [0.3, 0.4) is 0 Å². The van der Waals surface area contributed by atoms with Crippen LogP contribution in [0, 0.1) is 10.1 Å². The highest BCUT2D eigenvalue weighted by Gasteiger charge is 2.31. The summed E-state index contributed by atoms with van der Waals surface area (Å²) in [7, 11) is -4.32. The maximum absolute atomic E-state index is 12.9. The SMILES string of the molecule is O=C(Nc1cccc(S(=O)(=O)Nc2cccc(C(F)(F)F)c2)c1)c1ccc(Cl)cc1[N+](=O)[O-]. The molecule has 0 spiro atoms. The van der Waals surface area contributed by atoms with Crippen molar-refractivity contribution in [3.05, 3.63) is 93.0 Å². The first-order chi connectivity index (χ1) is 15.4. The number of carbonyl (C=O) groups excluding carboxylic acids is 1. The maximum Gasteiger partial charge on any atom is 0.416 e. The number of nitro benzene ring substituents is 1. The van der Waals surface area contributed by atoms with Crippen molar-refractivity contribution in [1.82, 2.24) is 0 Å². The van der Waals surface area contributed by atoms with E-state index in [0.717, 1.165) is 42.5 Å². The van der Waals surface area contributed by atoms with Crippen LogP contribution in [-0.4, -0.2) is 19.2 Å². The molecule has 3 rings (SSSR count). The molecule has 0 unspecified atom stereocenters. The fourth-order valence-electron chi connectivity index (χ4n) is 2.76. The summed E-state index contributed by atoms with van der Waals surface area (Å²) in [5.41, 5.74) is -2.21. The molecule has 2 N–H and O–H groups in total. The fraction of sp³-hybridized carbons (Fsp3) is 0.0500. The van der Waals surface area contributed by atoms with E-state index in [4.69, 9.17) is 11.6 Å². The van der Waals surface area contributed by atoms with E-state index in [1.54, 1.807) is 0 Å². The third-order valence-corrected chi connectivity index (χ3v) is 5.86. The van der Waals surface area contributed by atoms with Gasteiger partial charge in [0, 0.05) is 22.5 Å². The average Bonchev–Trinajstić information content (AvgIpc) is 2.73. The van der Waals surface area contributed by atoms with Crippen LogP contribution in [0.25, 0.3) is 0 Å². The van der Waals surface area contributed by atoms with Gasteiger partial charge in [0.15, 0.2) is 0 Å². The molecular weight excluding hydrogens is 487 g/mol. The van der Waals surface area contributed by atoms with Crippen LogP contribution < -0.4 is 10.0 Å². The van der Waals surface area contributed by atoms with Gasteiger partial charge < -0.3 is 5.32 Å². The fourth-order valence-corrected chi connectivity index (χ4v) is 4.02. The second-order valence-electron chi connectivity index (χ2n) is 6.58. The van der Waals surface area contributed by atoms with Gasteiger partial charge in [-0.15, -0.1) is 0 Å². The van der Waals surface area contributed by atoms with Gasteiger partial charge in [-0.2, -0.15) is 13.2 Å². The number of nitrogens with zero attached hydrogens (tertiary/aromatic N) is 1. The number of amides is 1. The Morgan fingerprint density at radius 3 is 2.30 bits per heavy atom. The molecule has 33 heavy (non-hydrogen) atoms. The summed E-state index contributed by atoms with van der Waals surface area (Å²) in [5.74, 6) is -0.890. The molecule has 172 valence electrons. The molecule has 0 atom stereocenters. The van der Waals surface area contributed by atoms with Gasteiger partial charge in [-0.3, -0.25) is 19.6 Å². The lowest BCUT2D eigenvalue weighted by atomic mass is 10.1. The van der Waals surface area contributed by atoms with E-state index in [1.165, 1.54) is 18.2 Å². The van der Waals surface area contributed by atoms with Gasteiger partial charge in [0.1, 0.15) is 5.56 Å². The molecule has 0 fully saturated rings. The van der Waals surface area contributed by atoms with Crippen molar-refractivity contribution in [2.75, 3.05) is 10.0 Å². The Morgan fingerprint density at radius 1 is 0.970 bits per heavy atom. The topological polar surface area (TPSA) is 118 Å². The van der Waals surface area contributed by atoms with Crippen molar-refractivity contribution in [3.8, 4) is 0 Å². The molecule has 0 saturated carbocycles. The molecule has 0 bridgehead atoms. The number of anilines is 2. The summed E-state index contributed by atoms with van der Waals surface area (Å²) in [5, 5.41) is 13.6. The lowest BCUT2D eigenvalue weighted by Gasteiger charge is -2.12. The Morgan fingerprint density at radius 2 is 1.64 bits per heavy atom. The monoisotopic (exact) mass is 499 g/mol. The second kappa shape index (κ2) is 9.08.